The number of carbonyl (C=O) groups is 2. The lowest BCUT2D eigenvalue weighted by atomic mass is 10.0. The van der Waals surface area contributed by atoms with Crippen molar-refractivity contribution >= 4 is 11.9 Å². The van der Waals surface area contributed by atoms with Gasteiger partial charge in [0.15, 0.2) is 11.2 Å². The predicted molar refractivity (Wildman–Crippen MR) is 83.9 cm³/mol. The number of rotatable bonds is 6. The third kappa shape index (κ3) is 4.20. The Labute approximate surface area is 146 Å². The fourth-order valence-corrected chi connectivity index (χ4v) is 2.17. The number of methoxy groups -OCH3 is 1. The number of amides is 1. The molecule has 0 fully saturated rings. The molecule has 0 spiro atoms. The molecule has 0 saturated carbocycles. The number of ether oxygens (including phenoxy) is 1. The summed E-state index contributed by atoms with van der Waals surface area (Å²) < 4.78 is 44.3. The number of hydrogen-bond acceptors (Lipinski definition) is 4. The van der Waals surface area contributed by atoms with Gasteiger partial charge in [-0.25, -0.2) is 9.48 Å². The largest absolute Gasteiger partial charge is 0.479 e. The zero-order valence-corrected chi connectivity index (χ0v) is 13.9. The maximum Gasteiger partial charge on any atom is 0.416 e. The van der Waals surface area contributed by atoms with Gasteiger partial charge in [-0.1, -0.05) is 6.07 Å². The molecule has 10 heteroatoms. The molecule has 2 aromatic rings. The Bertz CT molecular complexity index is 819. The van der Waals surface area contributed by atoms with Crippen LogP contribution in [0.3, 0.4) is 0 Å². The molecule has 1 aromatic carbocycles. The van der Waals surface area contributed by atoms with Gasteiger partial charge in [-0.3, -0.25) is 4.79 Å². The van der Waals surface area contributed by atoms with Crippen molar-refractivity contribution in [1.82, 2.24) is 15.1 Å². The minimum atomic E-state index is -4.51. The molecule has 2 rings (SSSR count). The second-order valence-corrected chi connectivity index (χ2v) is 5.72. The summed E-state index contributed by atoms with van der Waals surface area (Å²) in [6.07, 6.45) is -3.20. The summed E-state index contributed by atoms with van der Waals surface area (Å²) >= 11 is 0. The van der Waals surface area contributed by atoms with E-state index in [0.717, 1.165) is 16.8 Å². The first-order valence-electron chi connectivity index (χ1n) is 7.35. The molecule has 7 nitrogen and oxygen atoms in total. The summed E-state index contributed by atoms with van der Waals surface area (Å²) in [6.45, 7) is 0.989. The maximum absolute atomic E-state index is 12.8. The highest BCUT2D eigenvalue weighted by Gasteiger charge is 2.36. The van der Waals surface area contributed by atoms with Crippen LogP contribution in [-0.2, 0) is 15.7 Å². The predicted octanol–water partition coefficient (Wildman–Crippen LogP) is 2.11. The fourth-order valence-electron chi connectivity index (χ4n) is 2.17. The summed E-state index contributed by atoms with van der Waals surface area (Å²) in [5.74, 6) is -2.09. The number of alkyl halides is 3. The lowest BCUT2D eigenvalue weighted by molar-refractivity contribution is -0.146. The van der Waals surface area contributed by atoms with Gasteiger partial charge >= 0.3 is 12.1 Å². The Balaban J connectivity index is 2.24. The topological polar surface area (TPSA) is 93.5 Å². The summed E-state index contributed by atoms with van der Waals surface area (Å²) in [7, 11) is 1.29. The van der Waals surface area contributed by atoms with Gasteiger partial charge in [0.05, 0.1) is 17.9 Å². The van der Waals surface area contributed by atoms with Crippen LogP contribution >= 0.6 is 0 Å². The number of carboxylic acid groups (broad SMARTS) is 1. The average molecular weight is 371 g/mol. The van der Waals surface area contributed by atoms with E-state index in [0.29, 0.717) is 0 Å². The molecule has 26 heavy (non-hydrogen) atoms. The standard InChI is InChI=1S/C16H16F3N3O4/c1-15(9-26-2,14(24)25)20-13(23)12-6-7-22(21-12)11-5-3-4-10(8-11)16(17,18)19/h3-8H,9H2,1-2H3,(H,20,23)(H,24,25). The molecular weight excluding hydrogens is 355 g/mol. The third-order valence-electron chi connectivity index (χ3n) is 3.55. The van der Waals surface area contributed by atoms with E-state index >= 15 is 0 Å². The summed E-state index contributed by atoms with van der Waals surface area (Å²) in [6, 6.07) is 5.70. The zero-order valence-electron chi connectivity index (χ0n) is 13.9. The lowest BCUT2D eigenvalue weighted by Gasteiger charge is -2.24. The van der Waals surface area contributed by atoms with E-state index in [-0.39, 0.29) is 18.0 Å². The van der Waals surface area contributed by atoms with Crippen LogP contribution in [0.1, 0.15) is 23.0 Å². The molecule has 0 radical (unpaired) electrons. The number of halogens is 3. The van der Waals surface area contributed by atoms with Crippen molar-refractivity contribution in [3.8, 4) is 5.69 Å². The maximum atomic E-state index is 12.8. The van der Waals surface area contributed by atoms with Gasteiger partial charge in [0.25, 0.3) is 5.91 Å². The van der Waals surface area contributed by atoms with Crippen LogP contribution in [0.5, 0.6) is 0 Å². The highest BCUT2D eigenvalue weighted by molar-refractivity contribution is 5.96. The first-order valence-corrected chi connectivity index (χ1v) is 7.35. The molecule has 1 atom stereocenters. The minimum Gasteiger partial charge on any atom is -0.479 e. The zero-order chi connectivity index (χ0) is 19.5. The average Bonchev–Trinajstić information content (AvgIpc) is 3.04. The van der Waals surface area contributed by atoms with Crippen molar-refractivity contribution in [2.75, 3.05) is 13.7 Å². The van der Waals surface area contributed by atoms with Gasteiger partial charge < -0.3 is 15.2 Å². The van der Waals surface area contributed by atoms with E-state index in [1.54, 1.807) is 0 Å². The molecule has 1 unspecified atom stereocenters. The first kappa shape index (κ1) is 19.4. The van der Waals surface area contributed by atoms with Gasteiger partial charge in [-0.15, -0.1) is 0 Å². The van der Waals surface area contributed by atoms with E-state index in [1.165, 1.54) is 38.4 Å². The number of carboxylic acids is 1. The van der Waals surface area contributed by atoms with E-state index in [1.807, 2.05) is 0 Å². The second-order valence-electron chi connectivity index (χ2n) is 5.72. The van der Waals surface area contributed by atoms with Crippen LogP contribution < -0.4 is 5.32 Å². The Morgan fingerprint density at radius 2 is 2.00 bits per heavy atom. The molecule has 1 heterocycles. The second kappa shape index (κ2) is 7.16. The Morgan fingerprint density at radius 3 is 2.58 bits per heavy atom. The number of nitrogens with one attached hydrogen (secondary N) is 1. The highest BCUT2D eigenvalue weighted by atomic mass is 19.4. The molecule has 0 aliphatic heterocycles. The molecule has 140 valence electrons. The number of nitrogens with zero attached hydrogens (tertiary/aromatic N) is 2. The molecule has 0 aliphatic carbocycles. The molecule has 1 amide bonds. The molecule has 0 bridgehead atoms. The first-order chi connectivity index (χ1) is 12.1. The van der Waals surface area contributed by atoms with Crippen LogP contribution in [0.25, 0.3) is 5.69 Å². The van der Waals surface area contributed by atoms with Crippen molar-refractivity contribution < 1.29 is 32.6 Å². The summed E-state index contributed by atoms with van der Waals surface area (Å²) in [4.78, 5) is 23.5. The molecular formula is C16H16F3N3O4. The van der Waals surface area contributed by atoms with Gasteiger partial charge in [-0.2, -0.15) is 18.3 Å². The van der Waals surface area contributed by atoms with Gasteiger partial charge in [0, 0.05) is 13.3 Å². The lowest BCUT2D eigenvalue weighted by Crippen LogP contribution is -2.55. The monoisotopic (exact) mass is 371 g/mol. The Kier molecular flexibility index (Phi) is 5.36. The smallest absolute Gasteiger partial charge is 0.416 e. The van der Waals surface area contributed by atoms with E-state index in [4.69, 9.17) is 4.74 Å². The summed E-state index contributed by atoms with van der Waals surface area (Å²) in [5, 5.41) is 15.4. The minimum absolute atomic E-state index is 0.108. The normalized spacial score (nSPS) is 13.9. The van der Waals surface area contributed by atoms with Crippen LogP contribution in [0.2, 0.25) is 0 Å². The number of benzene rings is 1. The molecule has 1 aromatic heterocycles. The number of carbonyl (C=O) groups excluding carboxylic acids is 1. The van der Waals surface area contributed by atoms with Gasteiger partial charge in [-0.05, 0) is 31.2 Å². The summed E-state index contributed by atoms with van der Waals surface area (Å²) in [5.41, 5.74) is -2.57. The van der Waals surface area contributed by atoms with E-state index in [2.05, 4.69) is 10.4 Å². The van der Waals surface area contributed by atoms with Crippen LogP contribution in [0, 0.1) is 0 Å². The van der Waals surface area contributed by atoms with Crippen molar-refractivity contribution in [3.05, 3.63) is 47.8 Å². The van der Waals surface area contributed by atoms with Gasteiger partial charge in [0.1, 0.15) is 0 Å². The van der Waals surface area contributed by atoms with E-state index in [9.17, 15) is 27.9 Å². The highest BCUT2D eigenvalue weighted by Crippen LogP contribution is 2.30. The van der Waals surface area contributed by atoms with Crippen molar-refractivity contribution in [2.45, 2.75) is 18.6 Å². The van der Waals surface area contributed by atoms with Crippen LogP contribution in [-0.4, -0.2) is 46.0 Å². The molecule has 0 saturated heterocycles. The molecule has 2 N–H and O–H groups in total. The van der Waals surface area contributed by atoms with Gasteiger partial charge in [0.2, 0.25) is 0 Å². The SMILES string of the molecule is COCC(C)(NC(=O)c1ccn(-c2cccc(C(F)(F)F)c2)n1)C(=O)O. The van der Waals surface area contributed by atoms with Crippen molar-refractivity contribution in [1.29, 1.82) is 0 Å². The van der Waals surface area contributed by atoms with Crippen LogP contribution in [0.4, 0.5) is 13.2 Å². The molecule has 0 aliphatic rings. The number of aliphatic carboxylic acids is 1. The third-order valence-corrected chi connectivity index (χ3v) is 3.55. The van der Waals surface area contributed by atoms with Crippen LogP contribution in [0.15, 0.2) is 36.5 Å². The van der Waals surface area contributed by atoms with E-state index < -0.39 is 29.2 Å². The van der Waals surface area contributed by atoms with Crippen molar-refractivity contribution in [2.24, 2.45) is 0 Å². The number of aromatic nitrogens is 2. The number of hydrogen-bond donors (Lipinski definition) is 2. The Morgan fingerprint density at radius 1 is 1.31 bits per heavy atom. The Hall–Kier alpha value is -2.88. The van der Waals surface area contributed by atoms with Crippen molar-refractivity contribution in [3.63, 3.8) is 0 Å². The fraction of sp³-hybridized carbons (Fsp3) is 0.312. The quantitative estimate of drug-likeness (QED) is 0.811.